The highest BCUT2D eigenvalue weighted by Crippen LogP contribution is 2.29. The third-order valence-electron chi connectivity index (χ3n) is 4.98. The molecule has 2 aliphatic rings. The van der Waals surface area contributed by atoms with E-state index in [4.69, 9.17) is 4.74 Å². The van der Waals surface area contributed by atoms with Crippen molar-refractivity contribution in [1.29, 1.82) is 0 Å². The predicted molar refractivity (Wildman–Crippen MR) is 90.5 cm³/mol. The summed E-state index contributed by atoms with van der Waals surface area (Å²) < 4.78 is 8.14. The molecule has 2 aliphatic heterocycles. The largest absolute Gasteiger partial charge is 0.376 e. The first-order valence-corrected chi connectivity index (χ1v) is 8.70. The van der Waals surface area contributed by atoms with Crippen LogP contribution in [0.5, 0.6) is 0 Å². The Hall–Kier alpha value is -1.88. The van der Waals surface area contributed by atoms with Crippen molar-refractivity contribution in [2.24, 2.45) is 0 Å². The molecule has 5 heteroatoms. The third kappa shape index (κ3) is 2.85. The maximum absolute atomic E-state index is 5.87. The van der Waals surface area contributed by atoms with Crippen molar-refractivity contribution >= 4 is 5.95 Å². The van der Waals surface area contributed by atoms with Gasteiger partial charge in [-0.25, -0.2) is 0 Å². The van der Waals surface area contributed by atoms with E-state index in [-0.39, 0.29) is 6.10 Å². The molecule has 0 aliphatic carbocycles. The molecule has 0 saturated carbocycles. The number of benzene rings is 1. The van der Waals surface area contributed by atoms with Crippen LogP contribution in [0.25, 0.3) is 11.4 Å². The standard InChI is InChI=1S/C18H24N4O/c1-14-7-5-11-21(14)18-20-19-17(15-8-3-2-4-9-15)22(18)13-16-10-6-12-23-16/h2-4,8-9,14,16H,5-7,10-13H2,1H3/t14?,16-/m1/s1. The van der Waals surface area contributed by atoms with E-state index < -0.39 is 0 Å². The molecule has 0 spiro atoms. The molecule has 3 heterocycles. The zero-order chi connectivity index (χ0) is 15.6. The van der Waals surface area contributed by atoms with Gasteiger partial charge in [0.15, 0.2) is 5.82 Å². The first kappa shape index (κ1) is 14.7. The molecule has 2 saturated heterocycles. The van der Waals surface area contributed by atoms with Crippen LogP contribution in [-0.4, -0.2) is 40.1 Å². The monoisotopic (exact) mass is 312 g/mol. The fourth-order valence-corrected chi connectivity index (χ4v) is 3.70. The highest BCUT2D eigenvalue weighted by molar-refractivity contribution is 5.57. The molecule has 4 rings (SSSR count). The maximum atomic E-state index is 5.87. The van der Waals surface area contributed by atoms with Gasteiger partial charge >= 0.3 is 0 Å². The van der Waals surface area contributed by atoms with Gasteiger partial charge in [-0.3, -0.25) is 4.57 Å². The van der Waals surface area contributed by atoms with E-state index in [0.717, 1.165) is 49.9 Å². The van der Waals surface area contributed by atoms with Crippen molar-refractivity contribution in [2.75, 3.05) is 18.1 Å². The molecule has 1 unspecified atom stereocenters. The van der Waals surface area contributed by atoms with Crippen LogP contribution in [0.2, 0.25) is 0 Å². The van der Waals surface area contributed by atoms with Crippen LogP contribution in [0.4, 0.5) is 5.95 Å². The lowest BCUT2D eigenvalue weighted by atomic mass is 10.2. The van der Waals surface area contributed by atoms with Crippen LogP contribution in [0.1, 0.15) is 32.6 Å². The van der Waals surface area contributed by atoms with Gasteiger partial charge in [-0.1, -0.05) is 30.3 Å². The second-order valence-corrected chi connectivity index (χ2v) is 6.62. The van der Waals surface area contributed by atoms with E-state index in [0.29, 0.717) is 6.04 Å². The lowest BCUT2D eigenvalue weighted by Gasteiger charge is -2.24. The first-order valence-electron chi connectivity index (χ1n) is 8.70. The van der Waals surface area contributed by atoms with Crippen molar-refractivity contribution in [3.05, 3.63) is 30.3 Å². The van der Waals surface area contributed by atoms with Crippen LogP contribution >= 0.6 is 0 Å². The van der Waals surface area contributed by atoms with Gasteiger partial charge < -0.3 is 9.64 Å². The fraction of sp³-hybridized carbons (Fsp3) is 0.556. The highest BCUT2D eigenvalue weighted by atomic mass is 16.5. The van der Waals surface area contributed by atoms with E-state index >= 15 is 0 Å². The second kappa shape index (κ2) is 6.32. The Morgan fingerprint density at radius 3 is 2.70 bits per heavy atom. The summed E-state index contributed by atoms with van der Waals surface area (Å²) in [5.74, 6) is 1.96. The summed E-state index contributed by atoms with van der Waals surface area (Å²) in [5.41, 5.74) is 1.12. The van der Waals surface area contributed by atoms with Gasteiger partial charge in [-0.15, -0.1) is 10.2 Å². The zero-order valence-corrected chi connectivity index (χ0v) is 13.7. The molecule has 0 amide bonds. The van der Waals surface area contributed by atoms with Gasteiger partial charge in [0.1, 0.15) is 0 Å². The lowest BCUT2D eigenvalue weighted by Crippen LogP contribution is -2.30. The molecule has 1 aromatic heterocycles. The van der Waals surface area contributed by atoms with Gasteiger partial charge in [0, 0.05) is 24.8 Å². The Morgan fingerprint density at radius 2 is 2.00 bits per heavy atom. The molecular weight excluding hydrogens is 288 g/mol. The van der Waals surface area contributed by atoms with Crippen molar-refractivity contribution < 1.29 is 4.74 Å². The Balaban J connectivity index is 1.72. The van der Waals surface area contributed by atoms with Crippen LogP contribution in [0.3, 0.4) is 0 Å². The number of nitrogens with zero attached hydrogens (tertiary/aromatic N) is 4. The van der Waals surface area contributed by atoms with Gasteiger partial charge in [-0.2, -0.15) is 0 Å². The number of anilines is 1. The number of hydrogen-bond donors (Lipinski definition) is 0. The fourth-order valence-electron chi connectivity index (χ4n) is 3.70. The molecule has 0 radical (unpaired) electrons. The van der Waals surface area contributed by atoms with Crippen LogP contribution in [0, 0.1) is 0 Å². The molecule has 2 atom stereocenters. The lowest BCUT2D eigenvalue weighted by molar-refractivity contribution is 0.0975. The van der Waals surface area contributed by atoms with Gasteiger partial charge in [-0.05, 0) is 32.6 Å². The molecule has 122 valence electrons. The van der Waals surface area contributed by atoms with E-state index in [2.05, 4.69) is 50.9 Å². The van der Waals surface area contributed by atoms with E-state index in [9.17, 15) is 0 Å². The Morgan fingerprint density at radius 1 is 1.13 bits per heavy atom. The highest BCUT2D eigenvalue weighted by Gasteiger charge is 2.28. The quantitative estimate of drug-likeness (QED) is 0.870. The average molecular weight is 312 g/mol. The summed E-state index contributed by atoms with van der Waals surface area (Å²) in [7, 11) is 0. The van der Waals surface area contributed by atoms with E-state index in [1.165, 1.54) is 12.8 Å². The summed E-state index contributed by atoms with van der Waals surface area (Å²) in [4.78, 5) is 2.40. The van der Waals surface area contributed by atoms with Gasteiger partial charge in [0.2, 0.25) is 5.95 Å². The normalized spacial score (nSPS) is 24.5. The molecule has 0 bridgehead atoms. The van der Waals surface area contributed by atoms with Gasteiger partial charge in [0.05, 0.1) is 12.6 Å². The minimum absolute atomic E-state index is 0.283. The number of ether oxygens (including phenoxy) is 1. The number of rotatable bonds is 4. The van der Waals surface area contributed by atoms with Crippen molar-refractivity contribution in [3.63, 3.8) is 0 Å². The summed E-state index contributed by atoms with van der Waals surface area (Å²) in [6.45, 7) is 5.07. The number of hydrogen-bond acceptors (Lipinski definition) is 4. The molecular formula is C18H24N4O. The Bertz CT molecular complexity index is 648. The SMILES string of the molecule is CC1CCCN1c1nnc(-c2ccccc2)n1C[C@H]1CCCO1. The zero-order valence-electron chi connectivity index (χ0n) is 13.7. The van der Waals surface area contributed by atoms with Crippen LogP contribution in [-0.2, 0) is 11.3 Å². The smallest absolute Gasteiger partial charge is 0.227 e. The topological polar surface area (TPSA) is 43.2 Å². The summed E-state index contributed by atoms with van der Waals surface area (Å²) in [6, 6.07) is 10.9. The molecule has 1 aromatic carbocycles. The van der Waals surface area contributed by atoms with Crippen molar-refractivity contribution in [1.82, 2.24) is 14.8 Å². The molecule has 23 heavy (non-hydrogen) atoms. The van der Waals surface area contributed by atoms with Crippen LogP contribution < -0.4 is 4.90 Å². The molecule has 2 fully saturated rings. The van der Waals surface area contributed by atoms with Crippen molar-refractivity contribution in [3.8, 4) is 11.4 Å². The molecule has 5 nitrogen and oxygen atoms in total. The Kier molecular flexibility index (Phi) is 4.04. The van der Waals surface area contributed by atoms with E-state index in [1.807, 2.05) is 6.07 Å². The minimum atomic E-state index is 0.283. The molecule has 0 N–H and O–H groups in total. The Labute approximate surface area is 137 Å². The van der Waals surface area contributed by atoms with Crippen LogP contribution in [0.15, 0.2) is 30.3 Å². The summed E-state index contributed by atoms with van der Waals surface area (Å²) in [5, 5.41) is 9.07. The van der Waals surface area contributed by atoms with E-state index in [1.54, 1.807) is 0 Å². The minimum Gasteiger partial charge on any atom is -0.376 e. The first-order chi connectivity index (χ1) is 11.3. The number of aromatic nitrogens is 3. The second-order valence-electron chi connectivity index (χ2n) is 6.62. The maximum Gasteiger partial charge on any atom is 0.227 e. The third-order valence-corrected chi connectivity index (χ3v) is 4.98. The van der Waals surface area contributed by atoms with Crippen molar-refractivity contribution in [2.45, 2.75) is 51.3 Å². The summed E-state index contributed by atoms with van der Waals surface area (Å²) in [6.07, 6.45) is 5.02. The summed E-state index contributed by atoms with van der Waals surface area (Å²) >= 11 is 0. The molecule has 2 aromatic rings. The van der Waals surface area contributed by atoms with Gasteiger partial charge in [0.25, 0.3) is 0 Å². The predicted octanol–water partition coefficient (Wildman–Crippen LogP) is 3.11. The average Bonchev–Trinajstić information content (AvgIpc) is 3.30.